The lowest BCUT2D eigenvalue weighted by Crippen LogP contribution is -2.40. The van der Waals surface area contributed by atoms with Gasteiger partial charge in [-0.05, 0) is 18.9 Å². The van der Waals surface area contributed by atoms with E-state index in [1.807, 2.05) is 13.8 Å². The standard InChI is InChI=1S/C9H14N2O2/c1-4-7-6(2)5-11(8(7)12)9(13)10-3/h4-5H2,1-3H3,(H,10,13). The van der Waals surface area contributed by atoms with Crippen molar-refractivity contribution in [1.29, 1.82) is 0 Å². The zero-order valence-corrected chi connectivity index (χ0v) is 8.18. The van der Waals surface area contributed by atoms with Crippen LogP contribution >= 0.6 is 0 Å². The number of nitrogens with one attached hydrogen (secondary N) is 1. The van der Waals surface area contributed by atoms with E-state index < -0.39 is 0 Å². The van der Waals surface area contributed by atoms with Gasteiger partial charge in [-0.15, -0.1) is 0 Å². The zero-order valence-electron chi connectivity index (χ0n) is 8.18. The number of rotatable bonds is 1. The molecule has 1 heterocycles. The minimum absolute atomic E-state index is 0.153. The van der Waals surface area contributed by atoms with Crippen molar-refractivity contribution in [3.8, 4) is 0 Å². The fraction of sp³-hybridized carbons (Fsp3) is 0.556. The van der Waals surface area contributed by atoms with E-state index in [9.17, 15) is 9.59 Å². The summed E-state index contributed by atoms with van der Waals surface area (Å²) in [4.78, 5) is 24.0. The zero-order chi connectivity index (χ0) is 10.0. The van der Waals surface area contributed by atoms with E-state index in [2.05, 4.69) is 5.32 Å². The molecule has 0 atom stereocenters. The van der Waals surface area contributed by atoms with Crippen molar-refractivity contribution in [2.45, 2.75) is 20.3 Å². The lowest BCUT2D eigenvalue weighted by atomic mass is 10.1. The molecule has 0 aromatic heterocycles. The molecule has 0 aromatic rings. The van der Waals surface area contributed by atoms with Crippen LogP contribution in [0.1, 0.15) is 20.3 Å². The topological polar surface area (TPSA) is 49.4 Å². The maximum atomic E-state index is 11.6. The Morgan fingerprint density at radius 2 is 2.23 bits per heavy atom. The molecule has 0 bridgehead atoms. The van der Waals surface area contributed by atoms with E-state index in [1.165, 1.54) is 11.9 Å². The van der Waals surface area contributed by atoms with Gasteiger partial charge in [0.1, 0.15) is 0 Å². The molecule has 0 unspecified atom stereocenters. The number of hydrogen-bond donors (Lipinski definition) is 1. The Bertz CT molecular complexity index is 281. The molecular formula is C9H14N2O2. The number of hydrogen-bond acceptors (Lipinski definition) is 2. The number of urea groups is 1. The molecule has 4 nitrogen and oxygen atoms in total. The molecule has 3 amide bonds. The van der Waals surface area contributed by atoms with Gasteiger partial charge in [0.25, 0.3) is 5.91 Å². The lowest BCUT2D eigenvalue weighted by Gasteiger charge is -2.13. The van der Waals surface area contributed by atoms with Crippen LogP contribution in [0.15, 0.2) is 11.1 Å². The molecule has 0 radical (unpaired) electrons. The van der Waals surface area contributed by atoms with Crippen LogP contribution in [0, 0.1) is 0 Å². The van der Waals surface area contributed by atoms with Crippen molar-refractivity contribution < 1.29 is 9.59 Å². The predicted octanol–water partition coefficient (Wildman–Crippen LogP) is 0.895. The highest BCUT2D eigenvalue weighted by Crippen LogP contribution is 2.20. The molecule has 13 heavy (non-hydrogen) atoms. The number of nitrogens with zero attached hydrogens (tertiary/aromatic N) is 1. The van der Waals surface area contributed by atoms with Crippen LogP contribution in [0.4, 0.5) is 4.79 Å². The molecule has 0 aromatic carbocycles. The summed E-state index contributed by atoms with van der Waals surface area (Å²) in [7, 11) is 1.52. The summed E-state index contributed by atoms with van der Waals surface area (Å²) in [5.74, 6) is -0.153. The van der Waals surface area contributed by atoms with Crippen LogP contribution < -0.4 is 5.32 Å². The minimum Gasteiger partial charge on any atom is -0.341 e. The van der Waals surface area contributed by atoms with Crippen molar-refractivity contribution in [1.82, 2.24) is 10.2 Å². The summed E-state index contributed by atoms with van der Waals surface area (Å²) >= 11 is 0. The minimum atomic E-state index is -0.326. The Balaban J connectivity index is 2.82. The second kappa shape index (κ2) is 3.60. The van der Waals surface area contributed by atoms with E-state index in [0.717, 1.165) is 11.1 Å². The number of imide groups is 1. The van der Waals surface area contributed by atoms with Gasteiger partial charge >= 0.3 is 6.03 Å². The molecule has 72 valence electrons. The number of carbonyl (C=O) groups is 2. The summed E-state index contributed by atoms with van der Waals surface area (Å²) in [6.45, 7) is 4.24. The van der Waals surface area contributed by atoms with Gasteiger partial charge in [0.2, 0.25) is 0 Å². The van der Waals surface area contributed by atoms with Gasteiger partial charge in [0.05, 0.1) is 6.54 Å². The monoisotopic (exact) mass is 182 g/mol. The van der Waals surface area contributed by atoms with Crippen LogP contribution in [-0.2, 0) is 4.79 Å². The van der Waals surface area contributed by atoms with Crippen LogP contribution in [0.3, 0.4) is 0 Å². The molecule has 0 saturated heterocycles. The quantitative estimate of drug-likeness (QED) is 0.654. The molecule has 1 N–H and O–H groups in total. The molecule has 1 aliphatic heterocycles. The van der Waals surface area contributed by atoms with Crippen molar-refractivity contribution in [3.63, 3.8) is 0 Å². The van der Waals surface area contributed by atoms with Gasteiger partial charge < -0.3 is 5.32 Å². The van der Waals surface area contributed by atoms with Crippen LogP contribution in [0.25, 0.3) is 0 Å². The van der Waals surface area contributed by atoms with Crippen LogP contribution in [0.5, 0.6) is 0 Å². The Morgan fingerprint density at radius 1 is 1.62 bits per heavy atom. The van der Waals surface area contributed by atoms with Crippen LogP contribution in [0.2, 0.25) is 0 Å². The molecule has 0 fully saturated rings. The van der Waals surface area contributed by atoms with Crippen molar-refractivity contribution in [3.05, 3.63) is 11.1 Å². The molecule has 1 rings (SSSR count). The Morgan fingerprint density at radius 3 is 2.62 bits per heavy atom. The Hall–Kier alpha value is -1.32. The fourth-order valence-corrected chi connectivity index (χ4v) is 1.50. The van der Waals surface area contributed by atoms with Crippen molar-refractivity contribution >= 4 is 11.9 Å². The fourth-order valence-electron chi connectivity index (χ4n) is 1.50. The van der Waals surface area contributed by atoms with E-state index >= 15 is 0 Å². The second-order valence-corrected chi connectivity index (χ2v) is 3.06. The molecule has 0 saturated carbocycles. The first-order chi connectivity index (χ1) is 6.11. The van der Waals surface area contributed by atoms with Gasteiger partial charge in [-0.2, -0.15) is 0 Å². The average molecular weight is 182 g/mol. The molecule has 0 spiro atoms. The normalized spacial score (nSPS) is 16.8. The summed E-state index contributed by atoms with van der Waals surface area (Å²) < 4.78 is 0. The first-order valence-electron chi connectivity index (χ1n) is 4.34. The van der Waals surface area contributed by atoms with Crippen molar-refractivity contribution in [2.75, 3.05) is 13.6 Å². The highest BCUT2D eigenvalue weighted by Gasteiger charge is 2.30. The number of amides is 3. The van der Waals surface area contributed by atoms with Gasteiger partial charge in [0, 0.05) is 12.6 Å². The first-order valence-corrected chi connectivity index (χ1v) is 4.34. The largest absolute Gasteiger partial charge is 0.341 e. The smallest absolute Gasteiger partial charge is 0.324 e. The van der Waals surface area contributed by atoms with E-state index in [0.29, 0.717) is 13.0 Å². The first kappa shape index (κ1) is 9.77. The Kier molecular flexibility index (Phi) is 2.70. The number of carbonyl (C=O) groups excluding carboxylic acids is 2. The highest BCUT2D eigenvalue weighted by molar-refractivity contribution is 6.06. The maximum Gasteiger partial charge on any atom is 0.324 e. The Labute approximate surface area is 77.6 Å². The molecular weight excluding hydrogens is 168 g/mol. The third-order valence-electron chi connectivity index (χ3n) is 2.23. The third-order valence-corrected chi connectivity index (χ3v) is 2.23. The molecule has 1 aliphatic rings. The second-order valence-electron chi connectivity index (χ2n) is 3.06. The molecule has 0 aliphatic carbocycles. The SMILES string of the molecule is CCC1=C(C)CN(C(=O)NC)C1=O. The lowest BCUT2D eigenvalue weighted by molar-refractivity contribution is -0.123. The van der Waals surface area contributed by atoms with E-state index in [4.69, 9.17) is 0 Å². The van der Waals surface area contributed by atoms with E-state index in [1.54, 1.807) is 0 Å². The summed E-state index contributed by atoms with van der Waals surface area (Å²) in [5.41, 5.74) is 1.76. The van der Waals surface area contributed by atoms with Gasteiger partial charge in [0.15, 0.2) is 0 Å². The third kappa shape index (κ3) is 1.56. The summed E-state index contributed by atoms with van der Waals surface area (Å²) in [6, 6.07) is -0.326. The summed E-state index contributed by atoms with van der Waals surface area (Å²) in [6.07, 6.45) is 0.693. The highest BCUT2D eigenvalue weighted by atomic mass is 16.2. The van der Waals surface area contributed by atoms with E-state index in [-0.39, 0.29) is 11.9 Å². The van der Waals surface area contributed by atoms with Crippen molar-refractivity contribution in [2.24, 2.45) is 0 Å². The van der Waals surface area contributed by atoms with Crippen LogP contribution in [-0.4, -0.2) is 30.4 Å². The predicted molar refractivity (Wildman–Crippen MR) is 49.2 cm³/mol. The molecule has 4 heteroatoms. The van der Waals surface area contributed by atoms with Gasteiger partial charge in [-0.1, -0.05) is 6.92 Å². The maximum absolute atomic E-state index is 11.6. The van der Waals surface area contributed by atoms with Gasteiger partial charge in [-0.3, -0.25) is 9.69 Å². The average Bonchev–Trinajstić information content (AvgIpc) is 2.40. The van der Waals surface area contributed by atoms with Gasteiger partial charge in [-0.25, -0.2) is 4.79 Å². The summed E-state index contributed by atoms with van der Waals surface area (Å²) in [5, 5.41) is 2.44.